The van der Waals surface area contributed by atoms with Gasteiger partial charge in [-0.05, 0) is 12.8 Å². The number of carbonyl (C=O) groups excluding carboxylic acids is 1. The van der Waals surface area contributed by atoms with Gasteiger partial charge in [0, 0.05) is 20.1 Å². The Morgan fingerprint density at radius 3 is 2.45 bits per heavy atom. The van der Waals surface area contributed by atoms with E-state index >= 15 is 0 Å². The normalized spacial score (nSPS) is 9.36. The van der Waals surface area contributed by atoms with Crippen LogP contribution in [0, 0.1) is 0 Å². The van der Waals surface area contributed by atoms with Gasteiger partial charge in [0.15, 0.2) is 0 Å². The Hall–Kier alpha value is -0.730. The van der Waals surface area contributed by atoms with Crippen LogP contribution in [0.3, 0.4) is 0 Å². The van der Waals surface area contributed by atoms with Crippen molar-refractivity contribution in [3.63, 3.8) is 0 Å². The number of rotatable bonds is 4. The van der Waals surface area contributed by atoms with Crippen molar-refractivity contribution in [2.75, 3.05) is 20.1 Å². The molecular formula is C8H18N2O. The van der Waals surface area contributed by atoms with Gasteiger partial charge in [-0.1, -0.05) is 13.8 Å². The second-order valence-corrected chi connectivity index (χ2v) is 2.65. The lowest BCUT2D eigenvalue weighted by Gasteiger charge is -2.16. The Labute approximate surface area is 68.8 Å². The quantitative estimate of drug-likeness (QED) is 0.660. The molecule has 0 bridgehead atoms. The Kier molecular flexibility index (Phi) is 5.61. The van der Waals surface area contributed by atoms with Crippen molar-refractivity contribution in [1.29, 1.82) is 0 Å². The zero-order chi connectivity index (χ0) is 8.69. The van der Waals surface area contributed by atoms with Gasteiger partial charge in [0.05, 0.1) is 0 Å². The molecule has 0 aromatic heterocycles. The minimum atomic E-state index is 0.0358. The van der Waals surface area contributed by atoms with Crippen LogP contribution in [-0.2, 0) is 0 Å². The largest absolute Gasteiger partial charge is 0.338 e. The average molecular weight is 158 g/mol. The molecule has 1 N–H and O–H groups in total. The average Bonchev–Trinajstić information content (AvgIpc) is 2.00. The van der Waals surface area contributed by atoms with Crippen LogP contribution < -0.4 is 5.32 Å². The lowest BCUT2D eigenvalue weighted by molar-refractivity contribution is 0.209. The fourth-order valence-electron chi connectivity index (χ4n) is 0.804. The van der Waals surface area contributed by atoms with Gasteiger partial charge in [-0.3, -0.25) is 0 Å². The van der Waals surface area contributed by atoms with Crippen molar-refractivity contribution >= 4 is 6.03 Å². The molecule has 11 heavy (non-hydrogen) atoms. The number of amides is 2. The highest BCUT2D eigenvalue weighted by atomic mass is 16.2. The van der Waals surface area contributed by atoms with Gasteiger partial charge >= 0.3 is 6.03 Å². The summed E-state index contributed by atoms with van der Waals surface area (Å²) in [6.45, 7) is 5.70. The summed E-state index contributed by atoms with van der Waals surface area (Å²) in [5.74, 6) is 0. The van der Waals surface area contributed by atoms with Crippen molar-refractivity contribution in [2.45, 2.75) is 26.7 Å². The molecule has 0 heterocycles. The van der Waals surface area contributed by atoms with Crippen LogP contribution >= 0.6 is 0 Å². The molecule has 0 radical (unpaired) electrons. The Balaban J connectivity index is 3.47. The van der Waals surface area contributed by atoms with E-state index in [1.807, 2.05) is 14.0 Å². The summed E-state index contributed by atoms with van der Waals surface area (Å²) in [5.41, 5.74) is 0. The van der Waals surface area contributed by atoms with Crippen molar-refractivity contribution in [2.24, 2.45) is 0 Å². The first-order valence-electron chi connectivity index (χ1n) is 4.21. The second kappa shape index (κ2) is 6.01. The number of urea groups is 1. The fraction of sp³-hybridized carbons (Fsp3) is 0.875. The molecule has 2 amide bonds. The molecule has 0 aliphatic heterocycles. The van der Waals surface area contributed by atoms with Gasteiger partial charge in [0.25, 0.3) is 0 Å². The maximum atomic E-state index is 11.1. The third-order valence-electron chi connectivity index (χ3n) is 1.43. The molecule has 3 heteroatoms. The van der Waals surface area contributed by atoms with Crippen molar-refractivity contribution in [1.82, 2.24) is 10.2 Å². The molecule has 0 saturated carbocycles. The molecule has 3 nitrogen and oxygen atoms in total. The molecule has 0 aliphatic rings. The Morgan fingerprint density at radius 1 is 1.36 bits per heavy atom. The smallest absolute Gasteiger partial charge is 0.317 e. The highest BCUT2D eigenvalue weighted by Gasteiger charge is 2.03. The first-order chi connectivity index (χ1) is 5.22. The third kappa shape index (κ3) is 4.65. The first-order valence-corrected chi connectivity index (χ1v) is 4.21. The summed E-state index contributed by atoms with van der Waals surface area (Å²) in [5, 5.41) is 2.80. The van der Waals surface area contributed by atoms with E-state index in [9.17, 15) is 4.79 Å². The molecule has 0 saturated heterocycles. The van der Waals surface area contributed by atoms with Crippen LogP contribution in [0.4, 0.5) is 4.79 Å². The van der Waals surface area contributed by atoms with Crippen LogP contribution in [0.1, 0.15) is 26.7 Å². The van der Waals surface area contributed by atoms with E-state index in [0.717, 1.165) is 25.9 Å². The van der Waals surface area contributed by atoms with Gasteiger partial charge in [0.2, 0.25) is 0 Å². The van der Waals surface area contributed by atoms with Crippen LogP contribution in [-0.4, -0.2) is 31.1 Å². The molecule has 0 spiro atoms. The summed E-state index contributed by atoms with van der Waals surface area (Å²) in [7, 11) is 1.81. The van der Waals surface area contributed by atoms with Crippen molar-refractivity contribution < 1.29 is 4.79 Å². The topological polar surface area (TPSA) is 32.3 Å². The number of nitrogens with zero attached hydrogens (tertiary/aromatic N) is 1. The Bertz CT molecular complexity index is 115. The van der Waals surface area contributed by atoms with E-state index in [1.54, 1.807) is 4.90 Å². The maximum Gasteiger partial charge on any atom is 0.317 e. The minimum absolute atomic E-state index is 0.0358. The fourth-order valence-corrected chi connectivity index (χ4v) is 0.804. The van der Waals surface area contributed by atoms with E-state index in [0.29, 0.717) is 0 Å². The molecule has 66 valence electrons. The highest BCUT2D eigenvalue weighted by Crippen LogP contribution is 1.86. The predicted octanol–water partition coefficient (Wildman–Crippen LogP) is 1.45. The van der Waals surface area contributed by atoms with Crippen LogP contribution in [0.25, 0.3) is 0 Å². The standard InChI is InChI=1S/C8H18N2O/c1-4-6-9-8(11)10(3)7-5-2/h4-7H2,1-3H3,(H,9,11). The lowest BCUT2D eigenvalue weighted by Crippen LogP contribution is -2.37. The molecule has 0 rings (SSSR count). The van der Waals surface area contributed by atoms with Gasteiger partial charge in [-0.15, -0.1) is 0 Å². The molecule has 0 aromatic rings. The second-order valence-electron chi connectivity index (χ2n) is 2.65. The third-order valence-corrected chi connectivity index (χ3v) is 1.43. The van der Waals surface area contributed by atoms with Gasteiger partial charge < -0.3 is 10.2 Å². The zero-order valence-electron chi connectivity index (χ0n) is 7.68. The highest BCUT2D eigenvalue weighted by molar-refractivity contribution is 5.73. The molecule has 0 unspecified atom stereocenters. The number of hydrogen-bond donors (Lipinski definition) is 1. The van der Waals surface area contributed by atoms with Gasteiger partial charge in [-0.25, -0.2) is 4.79 Å². The molecule has 0 atom stereocenters. The van der Waals surface area contributed by atoms with E-state index in [2.05, 4.69) is 12.2 Å². The number of carbonyl (C=O) groups is 1. The number of hydrogen-bond acceptors (Lipinski definition) is 1. The van der Waals surface area contributed by atoms with Gasteiger partial charge in [-0.2, -0.15) is 0 Å². The summed E-state index contributed by atoms with van der Waals surface area (Å²) in [6, 6.07) is 0.0358. The van der Waals surface area contributed by atoms with Crippen molar-refractivity contribution in [3.8, 4) is 0 Å². The van der Waals surface area contributed by atoms with Crippen molar-refractivity contribution in [3.05, 3.63) is 0 Å². The molecule has 0 fully saturated rings. The maximum absolute atomic E-state index is 11.1. The Morgan fingerprint density at radius 2 is 2.00 bits per heavy atom. The number of nitrogens with one attached hydrogen (secondary N) is 1. The lowest BCUT2D eigenvalue weighted by atomic mass is 10.4. The van der Waals surface area contributed by atoms with E-state index in [-0.39, 0.29) is 6.03 Å². The first kappa shape index (κ1) is 10.3. The van der Waals surface area contributed by atoms with Gasteiger partial charge in [0.1, 0.15) is 0 Å². The molecular weight excluding hydrogens is 140 g/mol. The molecule has 0 aromatic carbocycles. The monoisotopic (exact) mass is 158 g/mol. The summed E-state index contributed by atoms with van der Waals surface area (Å²) < 4.78 is 0. The van der Waals surface area contributed by atoms with E-state index < -0.39 is 0 Å². The SMILES string of the molecule is CCCNC(=O)N(C)CCC. The molecule has 0 aliphatic carbocycles. The summed E-state index contributed by atoms with van der Waals surface area (Å²) in [4.78, 5) is 12.8. The summed E-state index contributed by atoms with van der Waals surface area (Å²) in [6.07, 6.45) is 2.00. The van der Waals surface area contributed by atoms with E-state index in [1.165, 1.54) is 0 Å². The van der Waals surface area contributed by atoms with Crippen LogP contribution in [0.5, 0.6) is 0 Å². The minimum Gasteiger partial charge on any atom is -0.338 e. The van der Waals surface area contributed by atoms with Crippen LogP contribution in [0.2, 0.25) is 0 Å². The summed E-state index contributed by atoms with van der Waals surface area (Å²) >= 11 is 0. The van der Waals surface area contributed by atoms with Crippen LogP contribution in [0.15, 0.2) is 0 Å². The van der Waals surface area contributed by atoms with E-state index in [4.69, 9.17) is 0 Å². The zero-order valence-corrected chi connectivity index (χ0v) is 7.68. The predicted molar refractivity (Wildman–Crippen MR) is 46.6 cm³/mol.